The van der Waals surface area contributed by atoms with Crippen LogP contribution in [0.5, 0.6) is 5.75 Å². The van der Waals surface area contributed by atoms with E-state index in [2.05, 4.69) is 9.84 Å². The molecule has 0 unspecified atom stereocenters. The maximum Gasteiger partial charge on any atom is 0.337 e. The molecule has 138 valence electrons. The van der Waals surface area contributed by atoms with Crippen LogP contribution in [0.25, 0.3) is 0 Å². The molecular formula is C19H16N2O4S2. The number of ether oxygens (including phenoxy) is 2. The summed E-state index contributed by atoms with van der Waals surface area (Å²) in [5, 5.41) is 5.36. The summed E-state index contributed by atoms with van der Waals surface area (Å²) in [4.78, 5) is 23.0. The predicted molar refractivity (Wildman–Crippen MR) is 108 cm³/mol. The third-order valence-electron chi connectivity index (χ3n) is 3.71. The Morgan fingerprint density at radius 3 is 2.52 bits per heavy atom. The van der Waals surface area contributed by atoms with E-state index in [4.69, 9.17) is 17.0 Å². The molecule has 0 radical (unpaired) electrons. The number of thioether (sulfide) groups is 1. The van der Waals surface area contributed by atoms with Crippen LogP contribution in [0.1, 0.15) is 21.5 Å². The quantitative estimate of drug-likeness (QED) is 0.421. The average molecular weight is 400 g/mol. The number of carbonyl (C=O) groups is 2. The monoisotopic (exact) mass is 400 g/mol. The van der Waals surface area contributed by atoms with Crippen molar-refractivity contribution in [2.24, 2.45) is 5.10 Å². The molecule has 3 rings (SSSR count). The number of nitrogens with zero attached hydrogens (tertiary/aromatic N) is 2. The van der Waals surface area contributed by atoms with E-state index in [1.165, 1.54) is 23.9 Å². The molecule has 1 saturated heterocycles. The van der Waals surface area contributed by atoms with Crippen molar-refractivity contribution in [1.29, 1.82) is 0 Å². The van der Waals surface area contributed by atoms with Crippen molar-refractivity contribution in [2.75, 3.05) is 12.9 Å². The summed E-state index contributed by atoms with van der Waals surface area (Å²) in [6.45, 7) is 0.378. The number of esters is 1. The fourth-order valence-corrected chi connectivity index (χ4v) is 3.22. The van der Waals surface area contributed by atoms with Crippen molar-refractivity contribution in [3.05, 3.63) is 65.2 Å². The van der Waals surface area contributed by atoms with Crippen molar-refractivity contribution in [3.8, 4) is 5.75 Å². The fourth-order valence-electron chi connectivity index (χ4n) is 2.26. The Bertz CT molecular complexity index is 864. The second kappa shape index (κ2) is 8.79. The Balaban J connectivity index is 1.55. The normalized spacial score (nSPS) is 14.0. The molecule has 1 aliphatic rings. The van der Waals surface area contributed by atoms with Gasteiger partial charge in [-0.25, -0.2) is 4.79 Å². The SMILES string of the molecule is COC(=O)c1ccc(COc2ccc(C=NN3C(=O)CSC3=S)cc2)cc1. The van der Waals surface area contributed by atoms with Gasteiger partial charge in [0.25, 0.3) is 5.91 Å². The summed E-state index contributed by atoms with van der Waals surface area (Å²) < 4.78 is 10.9. The number of rotatable bonds is 6. The molecule has 2 aromatic carbocycles. The first-order valence-electron chi connectivity index (χ1n) is 8.00. The van der Waals surface area contributed by atoms with E-state index < -0.39 is 0 Å². The second-order valence-corrected chi connectivity index (χ2v) is 7.16. The topological polar surface area (TPSA) is 68.2 Å². The van der Waals surface area contributed by atoms with Gasteiger partial charge in [0, 0.05) is 0 Å². The molecule has 0 atom stereocenters. The highest BCUT2D eigenvalue weighted by atomic mass is 32.2. The first kappa shape index (κ1) is 19.1. The van der Waals surface area contributed by atoms with Gasteiger partial charge in [-0.3, -0.25) is 4.79 Å². The lowest BCUT2D eigenvalue weighted by Gasteiger charge is -2.08. The van der Waals surface area contributed by atoms with E-state index in [9.17, 15) is 9.59 Å². The summed E-state index contributed by atoms with van der Waals surface area (Å²) in [7, 11) is 1.35. The summed E-state index contributed by atoms with van der Waals surface area (Å²) in [5.74, 6) is 0.561. The van der Waals surface area contributed by atoms with Gasteiger partial charge in [0.2, 0.25) is 0 Å². The molecule has 2 aromatic rings. The van der Waals surface area contributed by atoms with Gasteiger partial charge >= 0.3 is 5.97 Å². The van der Waals surface area contributed by atoms with Gasteiger partial charge < -0.3 is 9.47 Å². The molecular weight excluding hydrogens is 384 g/mol. The minimum absolute atomic E-state index is 0.112. The Hall–Kier alpha value is -2.71. The molecule has 0 saturated carbocycles. The molecule has 1 heterocycles. The lowest BCUT2D eigenvalue weighted by molar-refractivity contribution is -0.124. The largest absolute Gasteiger partial charge is 0.489 e. The molecule has 1 fully saturated rings. The predicted octanol–water partition coefficient (Wildman–Crippen LogP) is 3.25. The van der Waals surface area contributed by atoms with E-state index in [-0.39, 0.29) is 11.9 Å². The second-order valence-electron chi connectivity index (χ2n) is 5.55. The van der Waals surface area contributed by atoms with Gasteiger partial charge in [-0.1, -0.05) is 36.1 Å². The molecule has 0 aromatic heterocycles. The lowest BCUT2D eigenvalue weighted by Crippen LogP contribution is -2.22. The maximum absolute atomic E-state index is 11.6. The number of benzene rings is 2. The smallest absolute Gasteiger partial charge is 0.337 e. The lowest BCUT2D eigenvalue weighted by atomic mass is 10.1. The number of methoxy groups -OCH3 is 1. The van der Waals surface area contributed by atoms with Crippen LogP contribution in [0.4, 0.5) is 0 Å². The zero-order valence-electron chi connectivity index (χ0n) is 14.5. The first-order valence-corrected chi connectivity index (χ1v) is 9.40. The molecule has 6 nitrogen and oxygen atoms in total. The molecule has 8 heteroatoms. The highest BCUT2D eigenvalue weighted by Crippen LogP contribution is 2.20. The zero-order chi connectivity index (χ0) is 19.2. The Morgan fingerprint density at radius 1 is 1.22 bits per heavy atom. The average Bonchev–Trinajstić information content (AvgIpc) is 3.03. The minimum atomic E-state index is -0.366. The maximum atomic E-state index is 11.6. The first-order chi connectivity index (χ1) is 13.1. The fraction of sp³-hybridized carbons (Fsp3) is 0.158. The number of carbonyl (C=O) groups excluding carboxylic acids is 2. The van der Waals surface area contributed by atoms with Gasteiger partial charge in [0.05, 0.1) is 24.6 Å². The van der Waals surface area contributed by atoms with Crippen molar-refractivity contribution in [1.82, 2.24) is 5.01 Å². The van der Waals surface area contributed by atoms with Crippen molar-refractivity contribution < 1.29 is 19.1 Å². The summed E-state index contributed by atoms with van der Waals surface area (Å²) in [5.41, 5.74) is 2.27. The van der Waals surface area contributed by atoms with Crippen molar-refractivity contribution >= 4 is 46.4 Å². The molecule has 0 aliphatic carbocycles. The van der Waals surface area contributed by atoms with Crippen molar-refractivity contribution in [3.63, 3.8) is 0 Å². The van der Waals surface area contributed by atoms with Gasteiger partial charge in [-0.2, -0.15) is 10.1 Å². The number of hydrazone groups is 1. The van der Waals surface area contributed by atoms with Crippen molar-refractivity contribution in [2.45, 2.75) is 6.61 Å². The third-order valence-corrected chi connectivity index (χ3v) is 5.05. The minimum Gasteiger partial charge on any atom is -0.489 e. The molecule has 1 amide bonds. The van der Waals surface area contributed by atoms with Crippen LogP contribution in [-0.2, 0) is 16.1 Å². The zero-order valence-corrected chi connectivity index (χ0v) is 16.1. The van der Waals surface area contributed by atoms with E-state index in [0.29, 0.717) is 28.0 Å². The molecule has 0 spiro atoms. The Labute approximate surface area is 166 Å². The van der Waals surface area contributed by atoms with Crippen LogP contribution in [0, 0.1) is 0 Å². The van der Waals surface area contributed by atoms with E-state index in [1.807, 2.05) is 36.4 Å². The van der Waals surface area contributed by atoms with E-state index >= 15 is 0 Å². The summed E-state index contributed by atoms with van der Waals surface area (Å²) in [6, 6.07) is 14.4. The van der Waals surface area contributed by atoms with E-state index in [0.717, 1.165) is 11.1 Å². The third kappa shape index (κ3) is 4.93. The van der Waals surface area contributed by atoms with Gasteiger partial charge in [0.15, 0.2) is 4.32 Å². The highest BCUT2D eigenvalue weighted by molar-refractivity contribution is 8.23. The van der Waals surface area contributed by atoms with Crippen LogP contribution < -0.4 is 4.74 Å². The number of thiocarbonyl (C=S) groups is 1. The van der Waals surface area contributed by atoms with Crippen LogP contribution >= 0.6 is 24.0 Å². The van der Waals surface area contributed by atoms with Gasteiger partial charge in [0.1, 0.15) is 12.4 Å². The number of amides is 1. The van der Waals surface area contributed by atoms with Crippen LogP contribution in [0.2, 0.25) is 0 Å². The van der Waals surface area contributed by atoms with Crippen LogP contribution in [-0.4, -0.2) is 40.3 Å². The molecule has 0 N–H and O–H groups in total. The standard InChI is InChI=1S/C19H16N2O4S2/c1-24-18(23)15-6-2-14(3-7-15)11-25-16-8-4-13(5-9-16)10-20-21-17(22)12-27-19(21)26/h2-10H,11-12H2,1H3. The van der Waals surface area contributed by atoms with Crippen LogP contribution in [0.3, 0.4) is 0 Å². The molecule has 0 bridgehead atoms. The van der Waals surface area contributed by atoms with Gasteiger partial charge in [-0.05, 0) is 47.5 Å². The Kier molecular flexibility index (Phi) is 6.20. The molecule has 27 heavy (non-hydrogen) atoms. The van der Waals surface area contributed by atoms with E-state index in [1.54, 1.807) is 18.3 Å². The Morgan fingerprint density at radius 2 is 1.93 bits per heavy atom. The van der Waals surface area contributed by atoms with Crippen LogP contribution in [0.15, 0.2) is 53.6 Å². The number of hydrogen-bond donors (Lipinski definition) is 0. The summed E-state index contributed by atoms with van der Waals surface area (Å²) >= 11 is 6.38. The number of hydrogen-bond acceptors (Lipinski definition) is 7. The molecule has 1 aliphatic heterocycles. The summed E-state index contributed by atoms with van der Waals surface area (Å²) in [6.07, 6.45) is 1.59. The highest BCUT2D eigenvalue weighted by Gasteiger charge is 2.25. The van der Waals surface area contributed by atoms with Gasteiger partial charge in [-0.15, -0.1) is 0 Å².